The van der Waals surface area contributed by atoms with Gasteiger partial charge in [0.15, 0.2) is 0 Å². The fourth-order valence-electron chi connectivity index (χ4n) is 1.10. The van der Waals surface area contributed by atoms with Crippen LogP contribution in [0.2, 0.25) is 0 Å². The van der Waals surface area contributed by atoms with Crippen LogP contribution in [0.1, 0.15) is 6.42 Å². The lowest BCUT2D eigenvalue weighted by atomic mass is 10.3. The Labute approximate surface area is 93.1 Å². The predicted molar refractivity (Wildman–Crippen MR) is 57.7 cm³/mol. The molecule has 0 spiro atoms. The zero-order valence-corrected chi connectivity index (χ0v) is 9.30. The van der Waals surface area contributed by atoms with Crippen LogP contribution in [0, 0.1) is 5.82 Å². The molecule has 0 aromatic heterocycles. The number of hydrogen-bond donors (Lipinski definition) is 3. The fraction of sp³-hybridized carbons (Fsp3) is 0.333. The molecule has 1 aromatic rings. The maximum absolute atomic E-state index is 12.9. The van der Waals surface area contributed by atoms with Crippen molar-refractivity contribution in [2.45, 2.75) is 11.3 Å². The van der Waals surface area contributed by atoms with Crippen molar-refractivity contribution < 1.29 is 17.9 Å². The standard InChI is InChI=1S/C9H13FN2O3S/c10-7-2-3-8(11)9(6-7)16(14,15)12-4-1-5-13/h2-3,6,12-13H,1,4-5,11H2. The van der Waals surface area contributed by atoms with Gasteiger partial charge in [-0.2, -0.15) is 0 Å². The maximum Gasteiger partial charge on any atom is 0.242 e. The van der Waals surface area contributed by atoms with Gasteiger partial charge in [-0.25, -0.2) is 17.5 Å². The molecule has 0 saturated carbocycles. The van der Waals surface area contributed by atoms with Crippen molar-refractivity contribution in [1.29, 1.82) is 0 Å². The summed E-state index contributed by atoms with van der Waals surface area (Å²) in [5.74, 6) is -0.670. The van der Waals surface area contributed by atoms with E-state index in [0.29, 0.717) is 0 Å². The molecule has 0 unspecified atom stereocenters. The molecule has 0 bridgehead atoms. The summed E-state index contributed by atoms with van der Waals surface area (Å²) in [6.07, 6.45) is 0.286. The number of sulfonamides is 1. The third kappa shape index (κ3) is 3.16. The first-order valence-electron chi connectivity index (χ1n) is 4.63. The highest BCUT2D eigenvalue weighted by Gasteiger charge is 2.17. The first-order chi connectivity index (χ1) is 7.47. The van der Waals surface area contributed by atoms with Crippen LogP contribution < -0.4 is 10.5 Å². The van der Waals surface area contributed by atoms with Crippen LogP contribution in [0.25, 0.3) is 0 Å². The molecule has 0 amide bonds. The fourth-order valence-corrected chi connectivity index (χ4v) is 2.32. The van der Waals surface area contributed by atoms with E-state index in [9.17, 15) is 12.8 Å². The molecule has 16 heavy (non-hydrogen) atoms. The highest BCUT2D eigenvalue weighted by molar-refractivity contribution is 7.89. The minimum atomic E-state index is -3.81. The Bertz CT molecular complexity index is 462. The summed E-state index contributed by atoms with van der Waals surface area (Å²) >= 11 is 0. The summed E-state index contributed by atoms with van der Waals surface area (Å²) in [5.41, 5.74) is 5.43. The van der Waals surface area contributed by atoms with Crippen LogP contribution >= 0.6 is 0 Å². The molecular formula is C9H13FN2O3S. The van der Waals surface area contributed by atoms with Crippen LogP contribution in [-0.4, -0.2) is 26.7 Å². The van der Waals surface area contributed by atoms with Crippen molar-refractivity contribution >= 4 is 15.7 Å². The summed E-state index contributed by atoms with van der Waals surface area (Å²) in [4.78, 5) is -0.287. The number of hydrogen-bond acceptors (Lipinski definition) is 4. The molecule has 0 radical (unpaired) electrons. The Morgan fingerprint density at radius 2 is 2.12 bits per heavy atom. The van der Waals surface area contributed by atoms with Gasteiger partial charge >= 0.3 is 0 Å². The molecule has 7 heteroatoms. The van der Waals surface area contributed by atoms with Crippen LogP contribution in [0.3, 0.4) is 0 Å². The maximum atomic E-state index is 12.9. The van der Waals surface area contributed by atoms with Crippen molar-refractivity contribution in [3.05, 3.63) is 24.0 Å². The van der Waals surface area contributed by atoms with Crippen LogP contribution in [0.4, 0.5) is 10.1 Å². The van der Waals surface area contributed by atoms with Gasteiger partial charge in [-0.15, -0.1) is 0 Å². The van der Waals surface area contributed by atoms with E-state index >= 15 is 0 Å². The van der Waals surface area contributed by atoms with Crippen molar-refractivity contribution in [2.24, 2.45) is 0 Å². The largest absolute Gasteiger partial charge is 0.398 e. The number of nitrogen functional groups attached to an aromatic ring is 1. The molecule has 5 nitrogen and oxygen atoms in total. The van der Waals surface area contributed by atoms with E-state index in [1.807, 2.05) is 0 Å². The average Bonchev–Trinajstić information content (AvgIpc) is 2.22. The SMILES string of the molecule is Nc1ccc(F)cc1S(=O)(=O)NCCCO. The smallest absolute Gasteiger partial charge is 0.242 e. The van der Waals surface area contributed by atoms with E-state index in [0.717, 1.165) is 12.1 Å². The normalized spacial score (nSPS) is 11.6. The van der Waals surface area contributed by atoms with Gasteiger partial charge in [0.1, 0.15) is 10.7 Å². The summed E-state index contributed by atoms with van der Waals surface area (Å²) < 4.78 is 38.4. The van der Waals surface area contributed by atoms with Crippen LogP contribution in [-0.2, 0) is 10.0 Å². The number of aliphatic hydroxyl groups excluding tert-OH is 1. The number of anilines is 1. The molecule has 90 valence electrons. The summed E-state index contributed by atoms with van der Waals surface area (Å²) in [6.45, 7) is -0.0457. The minimum absolute atomic E-state index is 0.0158. The quantitative estimate of drug-likeness (QED) is 0.508. The molecule has 0 heterocycles. The van der Waals surface area contributed by atoms with E-state index in [-0.39, 0.29) is 30.2 Å². The zero-order valence-electron chi connectivity index (χ0n) is 8.48. The monoisotopic (exact) mass is 248 g/mol. The summed E-state index contributed by atoms with van der Waals surface area (Å²) in [6, 6.07) is 3.13. The Kier molecular flexibility index (Phi) is 4.22. The molecule has 0 aliphatic heterocycles. The van der Waals surface area contributed by atoms with E-state index in [1.165, 1.54) is 6.07 Å². The highest BCUT2D eigenvalue weighted by Crippen LogP contribution is 2.18. The summed E-state index contributed by atoms with van der Waals surface area (Å²) in [5, 5.41) is 8.51. The van der Waals surface area contributed by atoms with E-state index < -0.39 is 15.8 Å². The first kappa shape index (κ1) is 12.9. The molecule has 0 fully saturated rings. The lowest BCUT2D eigenvalue weighted by molar-refractivity contribution is 0.289. The predicted octanol–water partition coefficient (Wildman–Crippen LogP) is 0.0686. The number of nitrogens with two attached hydrogens (primary N) is 1. The van der Waals surface area contributed by atoms with Gasteiger partial charge in [0, 0.05) is 13.2 Å². The van der Waals surface area contributed by atoms with Crippen molar-refractivity contribution in [3.63, 3.8) is 0 Å². The Hall–Kier alpha value is -1.18. The second-order valence-corrected chi connectivity index (χ2v) is 4.89. The molecule has 1 aromatic carbocycles. The molecule has 0 aliphatic carbocycles. The number of nitrogens with one attached hydrogen (secondary N) is 1. The van der Waals surface area contributed by atoms with Gasteiger partial charge in [0.25, 0.3) is 0 Å². The molecular weight excluding hydrogens is 235 g/mol. The number of benzene rings is 1. The van der Waals surface area contributed by atoms with Crippen LogP contribution in [0.15, 0.2) is 23.1 Å². The number of aliphatic hydroxyl groups is 1. The van der Waals surface area contributed by atoms with Crippen molar-refractivity contribution in [1.82, 2.24) is 4.72 Å². The number of halogens is 1. The lowest BCUT2D eigenvalue weighted by Gasteiger charge is -2.08. The first-order valence-corrected chi connectivity index (χ1v) is 6.11. The molecule has 1 rings (SSSR count). The van der Waals surface area contributed by atoms with Crippen LogP contribution in [0.5, 0.6) is 0 Å². The highest BCUT2D eigenvalue weighted by atomic mass is 32.2. The molecule has 0 saturated heterocycles. The van der Waals surface area contributed by atoms with Gasteiger partial charge in [-0.3, -0.25) is 0 Å². The Morgan fingerprint density at radius 1 is 1.44 bits per heavy atom. The molecule has 0 aliphatic rings. The van der Waals surface area contributed by atoms with Gasteiger partial charge in [-0.1, -0.05) is 0 Å². The minimum Gasteiger partial charge on any atom is -0.398 e. The Morgan fingerprint density at radius 3 is 2.75 bits per heavy atom. The van der Waals surface area contributed by atoms with Gasteiger partial charge in [0.05, 0.1) is 5.69 Å². The van der Waals surface area contributed by atoms with E-state index in [4.69, 9.17) is 10.8 Å². The number of rotatable bonds is 5. The van der Waals surface area contributed by atoms with E-state index in [2.05, 4.69) is 4.72 Å². The molecule has 0 atom stereocenters. The topological polar surface area (TPSA) is 92.4 Å². The van der Waals surface area contributed by atoms with Crippen molar-refractivity contribution in [2.75, 3.05) is 18.9 Å². The lowest BCUT2D eigenvalue weighted by Crippen LogP contribution is -2.26. The Balaban J connectivity index is 2.93. The molecule has 4 N–H and O–H groups in total. The van der Waals surface area contributed by atoms with Crippen molar-refractivity contribution in [3.8, 4) is 0 Å². The zero-order chi connectivity index (χ0) is 12.2. The second-order valence-electron chi connectivity index (χ2n) is 3.16. The second kappa shape index (κ2) is 5.24. The third-order valence-electron chi connectivity index (χ3n) is 1.89. The van der Waals surface area contributed by atoms with Gasteiger partial charge in [0.2, 0.25) is 10.0 Å². The average molecular weight is 248 g/mol. The van der Waals surface area contributed by atoms with E-state index in [1.54, 1.807) is 0 Å². The van der Waals surface area contributed by atoms with Gasteiger partial charge < -0.3 is 10.8 Å². The summed E-state index contributed by atoms with van der Waals surface area (Å²) in [7, 11) is -3.81. The third-order valence-corrected chi connectivity index (χ3v) is 3.41. The van der Waals surface area contributed by atoms with Gasteiger partial charge in [-0.05, 0) is 24.6 Å².